The van der Waals surface area contributed by atoms with Gasteiger partial charge in [0.05, 0.1) is 6.61 Å². The van der Waals surface area contributed by atoms with Crippen molar-refractivity contribution in [2.75, 3.05) is 11.9 Å². The molecular formula is C17H20N4O2. The van der Waals surface area contributed by atoms with Crippen molar-refractivity contribution in [3.05, 3.63) is 36.3 Å². The molecule has 1 aliphatic carbocycles. The van der Waals surface area contributed by atoms with Gasteiger partial charge in [-0.25, -0.2) is 14.8 Å². The second-order valence-electron chi connectivity index (χ2n) is 5.54. The molecule has 1 saturated carbocycles. The average Bonchev–Trinajstić information content (AvgIpc) is 3.09. The zero-order valence-electron chi connectivity index (χ0n) is 13.2. The predicted octanol–water partition coefficient (Wildman–Crippen LogP) is 3.07. The molecule has 0 saturated heterocycles. The van der Waals surface area contributed by atoms with E-state index in [1.807, 2.05) is 12.1 Å². The average molecular weight is 312 g/mol. The van der Waals surface area contributed by atoms with Crippen molar-refractivity contribution in [3.8, 4) is 11.4 Å². The summed E-state index contributed by atoms with van der Waals surface area (Å²) in [5.74, 6) is 0.696. The molecule has 0 aliphatic heterocycles. The molecule has 120 valence electrons. The molecule has 2 heterocycles. The maximum atomic E-state index is 12.1. The summed E-state index contributed by atoms with van der Waals surface area (Å²) in [5.41, 5.74) is 1.20. The summed E-state index contributed by atoms with van der Waals surface area (Å²) in [7, 11) is 0. The lowest BCUT2D eigenvalue weighted by Gasteiger charge is -2.16. The first-order valence-corrected chi connectivity index (χ1v) is 7.99. The van der Waals surface area contributed by atoms with Crippen molar-refractivity contribution in [1.29, 1.82) is 0 Å². The van der Waals surface area contributed by atoms with Gasteiger partial charge in [0.15, 0.2) is 5.82 Å². The van der Waals surface area contributed by atoms with Crippen LogP contribution in [0, 0.1) is 0 Å². The molecule has 0 radical (unpaired) electrons. The van der Waals surface area contributed by atoms with E-state index in [1.165, 1.54) is 19.0 Å². The Morgan fingerprint density at radius 2 is 2.17 bits per heavy atom. The minimum atomic E-state index is -0.397. The van der Waals surface area contributed by atoms with Crippen LogP contribution in [0.5, 0.6) is 0 Å². The Balaban J connectivity index is 1.94. The van der Waals surface area contributed by atoms with Crippen LogP contribution in [0.1, 0.15) is 43.0 Å². The fourth-order valence-corrected chi connectivity index (χ4v) is 2.75. The van der Waals surface area contributed by atoms with Gasteiger partial charge in [0.1, 0.15) is 11.4 Å². The number of carbonyl (C=O) groups excluding carboxylic acids is 1. The summed E-state index contributed by atoms with van der Waals surface area (Å²) >= 11 is 0. The maximum Gasteiger partial charge on any atom is 0.343 e. The Kier molecular flexibility index (Phi) is 4.80. The largest absolute Gasteiger partial charge is 0.462 e. The van der Waals surface area contributed by atoms with E-state index in [0.717, 1.165) is 18.4 Å². The summed E-state index contributed by atoms with van der Waals surface area (Å²) in [5, 5.41) is 3.39. The maximum absolute atomic E-state index is 12.1. The third-order valence-corrected chi connectivity index (χ3v) is 3.90. The van der Waals surface area contributed by atoms with Crippen LogP contribution in [0.4, 0.5) is 5.82 Å². The van der Waals surface area contributed by atoms with Crippen LogP contribution in [0.15, 0.2) is 30.7 Å². The molecule has 0 unspecified atom stereocenters. The van der Waals surface area contributed by atoms with Crippen molar-refractivity contribution in [2.45, 2.75) is 38.6 Å². The van der Waals surface area contributed by atoms with Crippen molar-refractivity contribution >= 4 is 11.8 Å². The Labute approximate surface area is 135 Å². The van der Waals surface area contributed by atoms with E-state index in [0.29, 0.717) is 29.9 Å². The summed E-state index contributed by atoms with van der Waals surface area (Å²) in [6.45, 7) is 2.11. The zero-order valence-corrected chi connectivity index (χ0v) is 13.2. The number of anilines is 1. The smallest absolute Gasteiger partial charge is 0.343 e. The van der Waals surface area contributed by atoms with E-state index < -0.39 is 5.97 Å². The first-order valence-electron chi connectivity index (χ1n) is 7.99. The fourth-order valence-electron chi connectivity index (χ4n) is 2.75. The Morgan fingerprint density at radius 3 is 2.87 bits per heavy atom. The number of rotatable bonds is 5. The minimum Gasteiger partial charge on any atom is -0.462 e. The molecule has 2 aromatic heterocycles. The highest BCUT2D eigenvalue weighted by atomic mass is 16.5. The van der Waals surface area contributed by atoms with Crippen LogP contribution in [-0.4, -0.2) is 33.6 Å². The predicted molar refractivity (Wildman–Crippen MR) is 87.1 cm³/mol. The van der Waals surface area contributed by atoms with Gasteiger partial charge in [0.25, 0.3) is 0 Å². The fraction of sp³-hybridized carbons (Fsp3) is 0.412. The highest BCUT2D eigenvalue weighted by Crippen LogP contribution is 2.25. The Morgan fingerprint density at radius 1 is 1.35 bits per heavy atom. The SMILES string of the molecule is CCOC(=O)c1cnc(-c2cccnc2)nc1NC1CCCC1. The van der Waals surface area contributed by atoms with Crippen molar-refractivity contribution < 1.29 is 9.53 Å². The van der Waals surface area contributed by atoms with E-state index in [2.05, 4.69) is 20.3 Å². The second-order valence-corrected chi connectivity index (χ2v) is 5.54. The lowest BCUT2D eigenvalue weighted by molar-refractivity contribution is 0.0526. The number of esters is 1. The molecular weight excluding hydrogens is 292 g/mol. The molecule has 0 spiro atoms. The molecule has 6 heteroatoms. The molecule has 0 aromatic carbocycles. The molecule has 2 aromatic rings. The summed E-state index contributed by atoms with van der Waals surface area (Å²) < 4.78 is 5.11. The van der Waals surface area contributed by atoms with Crippen molar-refractivity contribution in [3.63, 3.8) is 0 Å². The number of hydrogen-bond acceptors (Lipinski definition) is 6. The lowest BCUT2D eigenvalue weighted by Crippen LogP contribution is -2.19. The van der Waals surface area contributed by atoms with Gasteiger partial charge in [-0.05, 0) is 31.9 Å². The van der Waals surface area contributed by atoms with E-state index in [4.69, 9.17) is 4.74 Å². The van der Waals surface area contributed by atoms with Crippen molar-refractivity contribution in [1.82, 2.24) is 15.0 Å². The first kappa shape index (κ1) is 15.4. The molecule has 0 bridgehead atoms. The van der Waals surface area contributed by atoms with Gasteiger partial charge in [0, 0.05) is 30.2 Å². The van der Waals surface area contributed by atoms with Gasteiger partial charge in [-0.2, -0.15) is 0 Å². The number of nitrogens with zero attached hydrogens (tertiary/aromatic N) is 3. The topological polar surface area (TPSA) is 77.0 Å². The van der Waals surface area contributed by atoms with Gasteiger partial charge in [-0.3, -0.25) is 4.98 Å². The van der Waals surface area contributed by atoms with Crippen molar-refractivity contribution in [2.24, 2.45) is 0 Å². The summed E-state index contributed by atoms with van der Waals surface area (Å²) in [6.07, 6.45) is 9.53. The molecule has 6 nitrogen and oxygen atoms in total. The molecule has 0 atom stereocenters. The number of nitrogens with one attached hydrogen (secondary N) is 1. The van der Waals surface area contributed by atoms with Gasteiger partial charge >= 0.3 is 5.97 Å². The quantitative estimate of drug-likeness (QED) is 0.855. The molecule has 0 amide bonds. The van der Waals surface area contributed by atoms with Crippen LogP contribution in [-0.2, 0) is 4.74 Å². The number of pyridine rings is 1. The summed E-state index contributed by atoms with van der Waals surface area (Å²) in [4.78, 5) is 25.1. The van der Waals surface area contributed by atoms with Crippen LogP contribution in [0.3, 0.4) is 0 Å². The molecule has 1 N–H and O–H groups in total. The minimum absolute atomic E-state index is 0.325. The zero-order chi connectivity index (χ0) is 16.1. The molecule has 1 fully saturated rings. The van der Waals surface area contributed by atoms with Gasteiger partial charge < -0.3 is 10.1 Å². The third-order valence-electron chi connectivity index (χ3n) is 3.90. The van der Waals surface area contributed by atoms with E-state index in [9.17, 15) is 4.79 Å². The van der Waals surface area contributed by atoms with E-state index in [1.54, 1.807) is 19.3 Å². The number of ether oxygens (including phenoxy) is 1. The first-order chi connectivity index (χ1) is 11.3. The van der Waals surface area contributed by atoms with Crippen LogP contribution in [0.25, 0.3) is 11.4 Å². The van der Waals surface area contributed by atoms with Crippen LogP contribution >= 0.6 is 0 Å². The van der Waals surface area contributed by atoms with Crippen LogP contribution < -0.4 is 5.32 Å². The van der Waals surface area contributed by atoms with E-state index >= 15 is 0 Å². The van der Waals surface area contributed by atoms with Crippen LogP contribution in [0.2, 0.25) is 0 Å². The van der Waals surface area contributed by atoms with Gasteiger partial charge in [-0.1, -0.05) is 12.8 Å². The lowest BCUT2D eigenvalue weighted by atomic mass is 10.2. The highest BCUT2D eigenvalue weighted by molar-refractivity contribution is 5.94. The normalized spacial score (nSPS) is 14.7. The number of carbonyl (C=O) groups is 1. The number of hydrogen-bond donors (Lipinski definition) is 1. The monoisotopic (exact) mass is 312 g/mol. The summed E-state index contributed by atoms with van der Waals surface area (Å²) in [6, 6.07) is 4.08. The van der Waals surface area contributed by atoms with Gasteiger partial charge in [0.2, 0.25) is 0 Å². The standard InChI is InChI=1S/C17H20N4O2/c1-2-23-17(22)14-11-19-15(12-6-5-9-18-10-12)21-16(14)20-13-7-3-4-8-13/h5-6,9-11,13H,2-4,7-8H2,1H3,(H,19,20,21). The highest BCUT2D eigenvalue weighted by Gasteiger charge is 2.21. The third kappa shape index (κ3) is 3.64. The number of aromatic nitrogens is 3. The molecule has 3 rings (SSSR count). The second kappa shape index (κ2) is 7.17. The Bertz CT molecular complexity index is 670. The molecule has 1 aliphatic rings. The van der Waals surface area contributed by atoms with Gasteiger partial charge in [-0.15, -0.1) is 0 Å². The van der Waals surface area contributed by atoms with E-state index in [-0.39, 0.29) is 0 Å². The molecule has 23 heavy (non-hydrogen) atoms. The Hall–Kier alpha value is -2.50.